The molecule has 3 aromatic heterocycles. The molecule has 0 aliphatic carbocycles. The van der Waals surface area contributed by atoms with Gasteiger partial charge in [-0.3, -0.25) is 4.79 Å². The highest BCUT2D eigenvalue weighted by molar-refractivity contribution is 6.06. The van der Waals surface area contributed by atoms with Crippen molar-refractivity contribution in [2.75, 3.05) is 60.2 Å². The van der Waals surface area contributed by atoms with Crippen molar-refractivity contribution < 1.29 is 22.7 Å². The normalized spacial score (nSPS) is 13.8. The number of nitrogens with zero attached hydrogens (tertiary/aromatic N) is 6. The number of rotatable bonds is 9. The second-order valence-electron chi connectivity index (χ2n) is 8.96. The number of hydrogen-bond acceptors (Lipinski definition) is 9. The van der Waals surface area contributed by atoms with Gasteiger partial charge in [-0.05, 0) is 37.1 Å². The highest BCUT2D eigenvalue weighted by Gasteiger charge is 2.36. The number of morpholine rings is 1. The molecule has 0 spiro atoms. The fraction of sp³-hybridized carbons (Fsp3) is 0.423. The summed E-state index contributed by atoms with van der Waals surface area (Å²) in [5, 5.41) is 2.71. The van der Waals surface area contributed by atoms with Crippen molar-refractivity contribution in [3.63, 3.8) is 0 Å². The smallest absolute Gasteiger partial charge is 0.382 e. The Morgan fingerprint density at radius 1 is 1.10 bits per heavy atom. The maximum Gasteiger partial charge on any atom is 0.418 e. The number of anilines is 4. The molecule has 1 aliphatic rings. The second-order valence-corrected chi connectivity index (χ2v) is 8.96. The van der Waals surface area contributed by atoms with Gasteiger partial charge in [0.1, 0.15) is 17.2 Å². The number of hydrogen-bond donors (Lipinski definition) is 2. The van der Waals surface area contributed by atoms with Crippen LogP contribution in [0, 0.1) is 0 Å². The van der Waals surface area contributed by atoms with Crippen LogP contribution in [-0.4, -0.2) is 65.2 Å². The number of nitrogens with one attached hydrogen (secondary N) is 1. The van der Waals surface area contributed by atoms with E-state index < -0.39 is 23.3 Å². The van der Waals surface area contributed by atoms with Crippen LogP contribution in [-0.2, 0) is 10.9 Å². The van der Waals surface area contributed by atoms with E-state index in [2.05, 4.69) is 44.0 Å². The lowest BCUT2D eigenvalue weighted by atomic mass is 10.1. The molecule has 1 fully saturated rings. The fourth-order valence-corrected chi connectivity index (χ4v) is 4.33. The molecule has 0 aromatic carbocycles. The Morgan fingerprint density at radius 3 is 2.49 bits per heavy atom. The molecule has 13 heteroatoms. The Balaban J connectivity index is 1.70. The molecule has 4 rings (SSSR count). The van der Waals surface area contributed by atoms with Crippen molar-refractivity contribution in [1.29, 1.82) is 0 Å². The van der Waals surface area contributed by atoms with Crippen molar-refractivity contribution in [3.8, 4) is 11.4 Å². The topological polar surface area (TPSA) is 122 Å². The van der Waals surface area contributed by atoms with Gasteiger partial charge in [0.2, 0.25) is 0 Å². The van der Waals surface area contributed by atoms with Gasteiger partial charge in [0.25, 0.3) is 5.91 Å². The number of alkyl halides is 3. The van der Waals surface area contributed by atoms with Crippen LogP contribution < -0.4 is 20.9 Å². The average Bonchev–Trinajstić information content (AvgIpc) is 2.93. The van der Waals surface area contributed by atoms with Crippen LogP contribution in [0.1, 0.15) is 42.7 Å². The second kappa shape index (κ2) is 12.2. The molecule has 0 bridgehead atoms. The first kappa shape index (κ1) is 28.0. The SMILES string of the molecule is CCCN(CCC)c1cccnc1NC(=O)c1nc(-c2nc(N3CCOCC3)ccc2C(F)(F)F)cnc1N. The van der Waals surface area contributed by atoms with Crippen molar-refractivity contribution >= 4 is 29.0 Å². The van der Waals surface area contributed by atoms with Crippen molar-refractivity contribution in [2.45, 2.75) is 32.9 Å². The van der Waals surface area contributed by atoms with Gasteiger partial charge in [-0.1, -0.05) is 13.8 Å². The molecule has 1 amide bonds. The number of nitrogens with two attached hydrogens (primary N) is 1. The van der Waals surface area contributed by atoms with Gasteiger partial charge < -0.3 is 25.6 Å². The maximum absolute atomic E-state index is 13.9. The first-order valence-electron chi connectivity index (χ1n) is 12.8. The molecular weight excluding hydrogens is 513 g/mol. The molecule has 0 saturated carbocycles. The van der Waals surface area contributed by atoms with Crippen molar-refractivity contribution in [3.05, 3.63) is 47.9 Å². The highest BCUT2D eigenvalue weighted by Crippen LogP contribution is 2.37. The molecule has 3 aromatic rings. The van der Waals surface area contributed by atoms with E-state index in [0.29, 0.717) is 37.9 Å². The Morgan fingerprint density at radius 2 is 1.82 bits per heavy atom. The number of pyridine rings is 2. The fourth-order valence-electron chi connectivity index (χ4n) is 4.33. The van der Waals surface area contributed by atoms with Crippen molar-refractivity contribution in [2.24, 2.45) is 0 Å². The minimum absolute atomic E-state index is 0.225. The third-order valence-electron chi connectivity index (χ3n) is 6.13. The molecule has 208 valence electrons. The van der Waals surface area contributed by atoms with Crippen LogP contribution in [0.2, 0.25) is 0 Å². The van der Waals surface area contributed by atoms with E-state index in [-0.39, 0.29) is 17.2 Å². The number of nitrogen functional groups attached to an aromatic ring is 1. The van der Waals surface area contributed by atoms with E-state index in [0.717, 1.165) is 43.9 Å². The molecule has 4 heterocycles. The largest absolute Gasteiger partial charge is 0.418 e. The van der Waals surface area contributed by atoms with E-state index in [1.165, 1.54) is 12.3 Å². The first-order chi connectivity index (χ1) is 18.7. The zero-order chi connectivity index (χ0) is 28.0. The third-order valence-corrected chi connectivity index (χ3v) is 6.13. The quantitative estimate of drug-likeness (QED) is 0.407. The molecular formula is C26H31F3N8O2. The van der Waals surface area contributed by atoms with Gasteiger partial charge in [-0.25, -0.2) is 19.9 Å². The average molecular weight is 545 g/mol. The van der Waals surface area contributed by atoms with E-state index in [1.807, 2.05) is 11.0 Å². The summed E-state index contributed by atoms with van der Waals surface area (Å²) in [5.74, 6) is -0.339. The Hall–Kier alpha value is -4.00. The van der Waals surface area contributed by atoms with Gasteiger partial charge >= 0.3 is 6.18 Å². The first-order valence-corrected chi connectivity index (χ1v) is 12.8. The summed E-state index contributed by atoms with van der Waals surface area (Å²) in [6.07, 6.45) is -0.301. The summed E-state index contributed by atoms with van der Waals surface area (Å²) < 4.78 is 47.2. The van der Waals surface area contributed by atoms with Crippen molar-refractivity contribution in [1.82, 2.24) is 19.9 Å². The lowest BCUT2D eigenvalue weighted by Gasteiger charge is -2.28. The number of ether oxygens (including phenoxy) is 1. The third kappa shape index (κ3) is 6.53. The van der Waals surface area contributed by atoms with E-state index in [4.69, 9.17) is 10.5 Å². The summed E-state index contributed by atoms with van der Waals surface area (Å²) in [6.45, 7) is 7.46. The van der Waals surface area contributed by atoms with Gasteiger partial charge in [-0.15, -0.1) is 0 Å². The zero-order valence-electron chi connectivity index (χ0n) is 21.8. The van der Waals surface area contributed by atoms with Gasteiger partial charge in [0, 0.05) is 32.4 Å². The molecule has 0 radical (unpaired) electrons. The van der Waals surface area contributed by atoms with Crippen LogP contribution in [0.25, 0.3) is 11.4 Å². The van der Waals surface area contributed by atoms with E-state index in [1.54, 1.807) is 6.07 Å². The van der Waals surface area contributed by atoms with E-state index in [9.17, 15) is 18.0 Å². The summed E-state index contributed by atoms with van der Waals surface area (Å²) in [4.78, 5) is 34.0. The summed E-state index contributed by atoms with van der Waals surface area (Å²) in [7, 11) is 0. The number of carbonyl (C=O) groups excluding carboxylic acids is 1. The molecule has 0 unspecified atom stereocenters. The maximum atomic E-state index is 13.9. The molecule has 1 aliphatic heterocycles. The van der Waals surface area contributed by atoms with Gasteiger partial charge in [0.15, 0.2) is 17.3 Å². The Labute approximate surface area is 224 Å². The minimum Gasteiger partial charge on any atom is -0.382 e. The molecule has 1 saturated heterocycles. The Bertz CT molecular complexity index is 1290. The number of halogens is 3. The zero-order valence-corrected chi connectivity index (χ0v) is 21.8. The molecule has 3 N–H and O–H groups in total. The lowest BCUT2D eigenvalue weighted by Crippen LogP contribution is -2.36. The van der Waals surface area contributed by atoms with E-state index >= 15 is 0 Å². The van der Waals surface area contributed by atoms with Crippen LogP contribution >= 0.6 is 0 Å². The van der Waals surface area contributed by atoms with Crippen LogP contribution in [0.4, 0.5) is 36.3 Å². The Kier molecular flexibility index (Phi) is 8.79. The lowest BCUT2D eigenvalue weighted by molar-refractivity contribution is -0.137. The summed E-state index contributed by atoms with van der Waals surface area (Å²) in [6, 6.07) is 5.89. The minimum atomic E-state index is -4.71. The summed E-state index contributed by atoms with van der Waals surface area (Å²) in [5.41, 5.74) is 4.69. The number of carbonyl (C=O) groups is 1. The van der Waals surface area contributed by atoms with Crippen LogP contribution in [0.15, 0.2) is 36.7 Å². The van der Waals surface area contributed by atoms with Crippen LogP contribution in [0.3, 0.4) is 0 Å². The van der Waals surface area contributed by atoms with Crippen LogP contribution in [0.5, 0.6) is 0 Å². The number of aromatic nitrogens is 4. The molecule has 0 atom stereocenters. The monoisotopic (exact) mass is 544 g/mol. The number of amides is 1. The predicted molar refractivity (Wildman–Crippen MR) is 143 cm³/mol. The molecule has 39 heavy (non-hydrogen) atoms. The standard InChI is InChI=1S/C26H31F3N8O2/c1-3-10-36(11-4-2)19-6-5-9-31-24(19)35-25(38)22-23(30)32-16-18(33-22)21-17(26(27,28)29)7-8-20(34-21)37-12-14-39-15-13-37/h5-9,16H,3-4,10-15H2,1-2H3,(H2,30,32)(H,31,35,38). The van der Waals surface area contributed by atoms with Gasteiger partial charge in [-0.2, -0.15) is 13.2 Å². The highest BCUT2D eigenvalue weighted by atomic mass is 19.4. The van der Waals surface area contributed by atoms with Gasteiger partial charge in [0.05, 0.1) is 30.7 Å². The summed E-state index contributed by atoms with van der Waals surface area (Å²) >= 11 is 0. The molecule has 10 nitrogen and oxygen atoms in total. The predicted octanol–water partition coefficient (Wildman–Crippen LogP) is 4.25.